The Morgan fingerprint density at radius 1 is 1.04 bits per heavy atom. The number of carbonyl (C=O) groups is 1. The van der Waals surface area contributed by atoms with Gasteiger partial charge in [0.2, 0.25) is 10.0 Å². The highest BCUT2D eigenvalue weighted by Gasteiger charge is 2.08. The molecule has 0 aliphatic rings. The van der Waals surface area contributed by atoms with Crippen LogP contribution in [-0.2, 0) is 23.0 Å². The first-order valence-electron chi connectivity index (χ1n) is 8.23. The summed E-state index contributed by atoms with van der Waals surface area (Å²) in [6, 6.07) is 13.6. The van der Waals surface area contributed by atoms with Gasteiger partial charge in [-0.3, -0.25) is 4.79 Å². The highest BCUT2D eigenvalue weighted by Crippen LogP contribution is 2.09. The molecule has 1 heterocycles. The van der Waals surface area contributed by atoms with Crippen molar-refractivity contribution in [1.29, 1.82) is 0 Å². The number of nitrogens with two attached hydrogens (primary N) is 1. The van der Waals surface area contributed by atoms with Crippen molar-refractivity contribution in [2.75, 3.05) is 6.54 Å². The molecule has 0 aliphatic heterocycles. The minimum Gasteiger partial charge on any atom is -0.352 e. The summed E-state index contributed by atoms with van der Waals surface area (Å²) < 4.78 is 24.2. The quantitative estimate of drug-likeness (QED) is 0.627. The second-order valence-electron chi connectivity index (χ2n) is 5.98. The minimum absolute atomic E-state index is 0.0706. The predicted molar refractivity (Wildman–Crippen MR) is 99.4 cm³/mol. The predicted octanol–water partition coefficient (Wildman–Crippen LogP) is 0.946. The lowest BCUT2D eigenvalue weighted by Crippen LogP contribution is -2.25. The van der Waals surface area contributed by atoms with Gasteiger partial charge in [0.1, 0.15) is 12.7 Å². The second-order valence-corrected chi connectivity index (χ2v) is 7.55. The van der Waals surface area contributed by atoms with Gasteiger partial charge in [-0.15, -0.1) is 0 Å². The zero-order valence-corrected chi connectivity index (χ0v) is 15.3. The van der Waals surface area contributed by atoms with E-state index in [0.717, 1.165) is 11.1 Å². The third-order valence-electron chi connectivity index (χ3n) is 3.98. The van der Waals surface area contributed by atoms with Crippen LogP contribution in [0.4, 0.5) is 0 Å². The van der Waals surface area contributed by atoms with Gasteiger partial charge in [-0.25, -0.2) is 23.2 Å². The monoisotopic (exact) mass is 385 g/mol. The lowest BCUT2D eigenvalue weighted by Gasteiger charge is -2.07. The molecule has 0 fully saturated rings. The van der Waals surface area contributed by atoms with Crippen LogP contribution in [0.2, 0.25) is 0 Å². The van der Waals surface area contributed by atoms with Crippen molar-refractivity contribution in [2.24, 2.45) is 5.14 Å². The van der Waals surface area contributed by atoms with Crippen molar-refractivity contribution >= 4 is 15.9 Å². The van der Waals surface area contributed by atoms with Gasteiger partial charge in [0.25, 0.3) is 5.91 Å². The third-order valence-corrected chi connectivity index (χ3v) is 4.91. The van der Waals surface area contributed by atoms with Crippen LogP contribution in [0.3, 0.4) is 0 Å². The summed E-state index contributed by atoms with van der Waals surface area (Å²) in [5.41, 5.74) is 2.50. The number of amides is 1. The first-order valence-corrected chi connectivity index (χ1v) is 9.78. The molecule has 0 unspecified atom stereocenters. The molecule has 1 aromatic heterocycles. The molecular formula is C18H19N5O3S. The topological polar surface area (TPSA) is 120 Å². The normalized spacial score (nSPS) is 11.3. The Morgan fingerprint density at radius 2 is 1.70 bits per heavy atom. The largest absolute Gasteiger partial charge is 0.352 e. The Bertz CT molecular complexity index is 998. The van der Waals surface area contributed by atoms with E-state index in [0.29, 0.717) is 25.1 Å². The molecule has 0 saturated carbocycles. The van der Waals surface area contributed by atoms with Crippen LogP contribution in [0.15, 0.2) is 66.1 Å². The molecule has 0 spiro atoms. The maximum absolute atomic E-state index is 12.2. The zero-order valence-electron chi connectivity index (χ0n) is 14.4. The molecule has 3 rings (SSSR count). The van der Waals surface area contributed by atoms with Crippen LogP contribution in [0, 0.1) is 0 Å². The molecule has 9 heteroatoms. The summed E-state index contributed by atoms with van der Waals surface area (Å²) in [7, 11) is -3.69. The van der Waals surface area contributed by atoms with E-state index in [2.05, 4.69) is 15.4 Å². The van der Waals surface area contributed by atoms with Gasteiger partial charge in [-0.2, -0.15) is 5.10 Å². The van der Waals surface area contributed by atoms with Crippen molar-refractivity contribution < 1.29 is 13.2 Å². The minimum atomic E-state index is -3.69. The van der Waals surface area contributed by atoms with Crippen molar-refractivity contribution in [3.63, 3.8) is 0 Å². The zero-order chi connectivity index (χ0) is 19.3. The Morgan fingerprint density at radius 3 is 2.30 bits per heavy atom. The Kier molecular flexibility index (Phi) is 5.63. The van der Waals surface area contributed by atoms with Crippen molar-refractivity contribution in [3.05, 3.63) is 77.9 Å². The Labute approximate surface area is 157 Å². The molecule has 2 aromatic carbocycles. The number of hydrogen-bond acceptors (Lipinski definition) is 5. The lowest BCUT2D eigenvalue weighted by atomic mass is 10.1. The lowest BCUT2D eigenvalue weighted by molar-refractivity contribution is 0.0954. The van der Waals surface area contributed by atoms with Crippen LogP contribution in [-0.4, -0.2) is 35.6 Å². The van der Waals surface area contributed by atoms with E-state index >= 15 is 0 Å². The number of benzene rings is 2. The van der Waals surface area contributed by atoms with Gasteiger partial charge >= 0.3 is 0 Å². The number of hydrogen-bond donors (Lipinski definition) is 2. The molecule has 0 saturated heterocycles. The van der Waals surface area contributed by atoms with Gasteiger partial charge in [-0.05, 0) is 41.8 Å². The number of primary sulfonamides is 1. The van der Waals surface area contributed by atoms with E-state index < -0.39 is 10.0 Å². The molecule has 1 amide bonds. The highest BCUT2D eigenvalue weighted by atomic mass is 32.2. The maximum Gasteiger partial charge on any atom is 0.251 e. The van der Waals surface area contributed by atoms with E-state index in [1.54, 1.807) is 35.3 Å². The number of aromatic nitrogens is 3. The van der Waals surface area contributed by atoms with Crippen LogP contribution < -0.4 is 10.5 Å². The first-order chi connectivity index (χ1) is 12.9. The molecule has 0 aliphatic carbocycles. The fourth-order valence-corrected chi connectivity index (χ4v) is 3.05. The molecule has 3 aromatic rings. The fraction of sp³-hybridized carbons (Fsp3) is 0.167. The number of rotatable bonds is 7. The molecule has 0 radical (unpaired) electrons. The summed E-state index contributed by atoms with van der Waals surface area (Å²) in [5.74, 6) is -0.163. The van der Waals surface area contributed by atoms with E-state index in [4.69, 9.17) is 5.14 Å². The molecule has 27 heavy (non-hydrogen) atoms. The van der Waals surface area contributed by atoms with E-state index in [9.17, 15) is 13.2 Å². The summed E-state index contributed by atoms with van der Waals surface area (Å²) >= 11 is 0. The SMILES string of the molecule is NS(=O)(=O)c1ccc(CCNC(=O)c2ccc(Cn3cncn3)cc2)cc1. The van der Waals surface area contributed by atoms with Gasteiger partial charge < -0.3 is 5.32 Å². The molecule has 3 N–H and O–H groups in total. The molecule has 8 nitrogen and oxygen atoms in total. The summed E-state index contributed by atoms with van der Waals surface area (Å²) in [6.07, 6.45) is 3.70. The Hall–Kier alpha value is -3.04. The number of carbonyl (C=O) groups excluding carboxylic acids is 1. The maximum atomic E-state index is 12.2. The smallest absolute Gasteiger partial charge is 0.251 e. The van der Waals surface area contributed by atoms with Gasteiger partial charge in [-0.1, -0.05) is 24.3 Å². The molecule has 0 atom stereocenters. The summed E-state index contributed by atoms with van der Waals surface area (Å²) in [4.78, 5) is 16.2. The number of sulfonamides is 1. The number of nitrogens with one attached hydrogen (secondary N) is 1. The second kappa shape index (κ2) is 8.11. The van der Waals surface area contributed by atoms with E-state index in [1.807, 2.05) is 12.1 Å². The van der Waals surface area contributed by atoms with Gasteiger partial charge in [0.15, 0.2) is 0 Å². The van der Waals surface area contributed by atoms with E-state index in [-0.39, 0.29) is 10.8 Å². The van der Waals surface area contributed by atoms with Crippen LogP contribution >= 0.6 is 0 Å². The average Bonchev–Trinajstić information content (AvgIpc) is 3.15. The Balaban J connectivity index is 1.50. The van der Waals surface area contributed by atoms with Crippen molar-refractivity contribution in [2.45, 2.75) is 17.9 Å². The first kappa shape index (κ1) is 18.7. The van der Waals surface area contributed by atoms with Crippen LogP contribution in [0.25, 0.3) is 0 Å². The third kappa shape index (κ3) is 5.22. The van der Waals surface area contributed by atoms with Gasteiger partial charge in [0, 0.05) is 12.1 Å². The van der Waals surface area contributed by atoms with Crippen LogP contribution in [0.1, 0.15) is 21.5 Å². The molecular weight excluding hydrogens is 366 g/mol. The summed E-state index contributed by atoms with van der Waals surface area (Å²) in [5, 5.41) is 12.0. The highest BCUT2D eigenvalue weighted by molar-refractivity contribution is 7.89. The summed E-state index contributed by atoms with van der Waals surface area (Å²) in [6.45, 7) is 1.03. The molecule has 140 valence electrons. The standard InChI is InChI=1S/C18H19N5O3S/c19-27(25,26)17-7-3-14(4-8-17)9-10-21-18(24)16-5-1-15(2-6-16)11-23-13-20-12-22-23/h1-8,12-13H,9-11H2,(H,21,24)(H2,19,25,26). The van der Waals surface area contributed by atoms with Crippen molar-refractivity contribution in [3.8, 4) is 0 Å². The molecule has 0 bridgehead atoms. The van der Waals surface area contributed by atoms with Crippen molar-refractivity contribution in [1.82, 2.24) is 20.1 Å². The van der Waals surface area contributed by atoms with Gasteiger partial charge in [0.05, 0.1) is 11.4 Å². The fourth-order valence-electron chi connectivity index (χ4n) is 2.53. The number of nitrogens with zero attached hydrogens (tertiary/aromatic N) is 3. The van der Waals surface area contributed by atoms with Crippen LogP contribution in [0.5, 0.6) is 0 Å². The average molecular weight is 385 g/mol. The van der Waals surface area contributed by atoms with E-state index in [1.165, 1.54) is 18.5 Å².